The topological polar surface area (TPSA) is 18.5 Å². The highest BCUT2D eigenvalue weighted by atomic mass is 16.5. The molecule has 2 nitrogen and oxygen atoms in total. The van der Waals surface area contributed by atoms with E-state index in [-0.39, 0.29) is 5.92 Å². The first-order chi connectivity index (χ1) is 15.8. The van der Waals surface area contributed by atoms with Gasteiger partial charge in [0.25, 0.3) is 0 Å². The third-order valence-electron chi connectivity index (χ3n) is 6.06. The first kappa shape index (κ1) is 23.9. The van der Waals surface area contributed by atoms with Crippen LogP contribution in [0.1, 0.15) is 80.9 Å². The van der Waals surface area contributed by atoms with Crippen LogP contribution in [0.4, 0.5) is 0 Å². The van der Waals surface area contributed by atoms with E-state index in [0.717, 1.165) is 24.5 Å². The van der Waals surface area contributed by atoms with Crippen LogP contribution in [0.3, 0.4) is 0 Å². The number of unbranched alkanes of at least 4 members (excludes halogenated alkanes) is 7. The summed E-state index contributed by atoms with van der Waals surface area (Å²) in [5.41, 5.74) is 3.80. The van der Waals surface area contributed by atoms with Crippen LogP contribution in [0, 0.1) is 0 Å². The minimum absolute atomic E-state index is 0.184. The largest absolute Gasteiger partial charge is 0.497 e. The third kappa shape index (κ3) is 7.44. The van der Waals surface area contributed by atoms with E-state index in [1.807, 2.05) is 12.1 Å². The fourth-order valence-corrected chi connectivity index (χ4v) is 4.20. The van der Waals surface area contributed by atoms with Crippen LogP contribution in [0.25, 0.3) is 0 Å². The number of benzene rings is 3. The van der Waals surface area contributed by atoms with Crippen molar-refractivity contribution in [1.29, 1.82) is 0 Å². The van der Waals surface area contributed by atoms with Gasteiger partial charge in [-0.05, 0) is 47.4 Å². The Bertz CT molecular complexity index is 869. The molecule has 0 aliphatic rings. The smallest absolute Gasteiger partial charge is 0.119 e. The molecule has 0 heterocycles. The van der Waals surface area contributed by atoms with Crippen LogP contribution >= 0.6 is 0 Å². The fourth-order valence-electron chi connectivity index (χ4n) is 4.20. The number of hydrogen-bond donors (Lipinski definition) is 0. The Labute approximate surface area is 194 Å². The molecule has 0 aliphatic carbocycles. The first-order valence-electron chi connectivity index (χ1n) is 12.2. The molecular weight excluding hydrogens is 392 g/mol. The number of ether oxygens (including phenoxy) is 2. The molecule has 1 unspecified atom stereocenters. The number of methoxy groups -OCH3 is 1. The second kappa shape index (κ2) is 13.6. The van der Waals surface area contributed by atoms with Gasteiger partial charge in [0.05, 0.1) is 13.7 Å². The fraction of sp³-hybridized carbons (Fsp3) is 0.400. The van der Waals surface area contributed by atoms with Crippen molar-refractivity contribution >= 4 is 0 Å². The predicted octanol–water partition coefficient (Wildman–Crippen LogP) is 8.39. The number of rotatable bonds is 14. The molecule has 2 heteroatoms. The van der Waals surface area contributed by atoms with E-state index in [2.05, 4.69) is 73.7 Å². The molecule has 0 aromatic heterocycles. The van der Waals surface area contributed by atoms with E-state index in [9.17, 15) is 0 Å². The van der Waals surface area contributed by atoms with Crippen molar-refractivity contribution in [2.24, 2.45) is 0 Å². The maximum atomic E-state index is 6.01. The average Bonchev–Trinajstić information content (AvgIpc) is 2.85. The lowest BCUT2D eigenvalue weighted by Crippen LogP contribution is -2.04. The van der Waals surface area contributed by atoms with Gasteiger partial charge in [0.2, 0.25) is 0 Å². The molecule has 0 fully saturated rings. The standard InChI is InChI=1S/C30H38O2/c1-3-4-5-6-7-8-9-13-24-32-29-22-18-27(19-23-29)30(25-14-11-10-12-15-25)26-16-20-28(31-2)21-17-26/h10-12,14-23,30H,3-9,13,24H2,1-2H3. The van der Waals surface area contributed by atoms with Gasteiger partial charge >= 0.3 is 0 Å². The van der Waals surface area contributed by atoms with E-state index >= 15 is 0 Å². The molecule has 0 N–H and O–H groups in total. The lowest BCUT2D eigenvalue weighted by Gasteiger charge is -2.19. The van der Waals surface area contributed by atoms with Crippen molar-refractivity contribution in [3.8, 4) is 11.5 Å². The summed E-state index contributed by atoms with van der Waals surface area (Å²) in [6.45, 7) is 3.07. The molecule has 0 spiro atoms. The minimum atomic E-state index is 0.184. The summed E-state index contributed by atoms with van der Waals surface area (Å²) in [5.74, 6) is 2.02. The summed E-state index contributed by atoms with van der Waals surface area (Å²) in [5, 5.41) is 0. The van der Waals surface area contributed by atoms with Crippen LogP contribution in [0.5, 0.6) is 11.5 Å². The van der Waals surface area contributed by atoms with Gasteiger partial charge in [-0.2, -0.15) is 0 Å². The summed E-state index contributed by atoms with van der Waals surface area (Å²) < 4.78 is 11.4. The molecule has 32 heavy (non-hydrogen) atoms. The van der Waals surface area contributed by atoms with Gasteiger partial charge in [-0.1, -0.05) is 106 Å². The molecule has 0 saturated carbocycles. The zero-order valence-corrected chi connectivity index (χ0v) is 19.8. The molecule has 3 aromatic carbocycles. The third-order valence-corrected chi connectivity index (χ3v) is 6.06. The van der Waals surface area contributed by atoms with E-state index in [0.29, 0.717) is 0 Å². The van der Waals surface area contributed by atoms with Crippen molar-refractivity contribution in [2.45, 2.75) is 64.2 Å². The van der Waals surface area contributed by atoms with Crippen LogP contribution in [0.2, 0.25) is 0 Å². The van der Waals surface area contributed by atoms with Gasteiger partial charge in [-0.3, -0.25) is 0 Å². The van der Waals surface area contributed by atoms with E-state index < -0.39 is 0 Å². The SMILES string of the molecule is CCCCCCCCCCOc1ccc(C(c2ccccc2)c2ccc(OC)cc2)cc1. The van der Waals surface area contributed by atoms with Crippen LogP contribution in [0.15, 0.2) is 78.9 Å². The number of hydrogen-bond acceptors (Lipinski definition) is 2. The summed E-state index contributed by atoms with van der Waals surface area (Å²) in [7, 11) is 1.70. The summed E-state index contributed by atoms with van der Waals surface area (Å²) >= 11 is 0. The van der Waals surface area contributed by atoms with Crippen LogP contribution in [-0.4, -0.2) is 13.7 Å². The molecule has 3 aromatic rings. The Balaban J connectivity index is 1.56. The van der Waals surface area contributed by atoms with E-state index in [1.165, 1.54) is 61.6 Å². The van der Waals surface area contributed by atoms with Gasteiger partial charge in [0, 0.05) is 5.92 Å². The highest BCUT2D eigenvalue weighted by Crippen LogP contribution is 2.33. The highest BCUT2D eigenvalue weighted by Gasteiger charge is 2.16. The van der Waals surface area contributed by atoms with Gasteiger partial charge in [0.1, 0.15) is 11.5 Å². The Hall–Kier alpha value is -2.74. The quantitative estimate of drug-likeness (QED) is 0.189. The minimum Gasteiger partial charge on any atom is -0.497 e. The maximum Gasteiger partial charge on any atom is 0.119 e. The molecule has 1 atom stereocenters. The lowest BCUT2D eigenvalue weighted by molar-refractivity contribution is 0.304. The summed E-state index contributed by atoms with van der Waals surface area (Å²) in [6.07, 6.45) is 10.5. The predicted molar refractivity (Wildman–Crippen MR) is 135 cm³/mol. The summed E-state index contributed by atoms with van der Waals surface area (Å²) in [6, 6.07) is 27.7. The second-order valence-corrected chi connectivity index (χ2v) is 8.51. The van der Waals surface area contributed by atoms with E-state index in [1.54, 1.807) is 7.11 Å². The Morgan fingerprint density at radius 3 is 1.62 bits per heavy atom. The molecule has 170 valence electrons. The molecule has 0 bridgehead atoms. The Morgan fingerprint density at radius 1 is 0.562 bits per heavy atom. The molecular formula is C30H38O2. The van der Waals surface area contributed by atoms with Gasteiger partial charge < -0.3 is 9.47 Å². The average molecular weight is 431 g/mol. The van der Waals surface area contributed by atoms with Crippen molar-refractivity contribution in [3.05, 3.63) is 95.6 Å². The maximum absolute atomic E-state index is 6.01. The molecule has 0 radical (unpaired) electrons. The molecule has 0 saturated heterocycles. The summed E-state index contributed by atoms with van der Waals surface area (Å²) in [4.78, 5) is 0. The highest BCUT2D eigenvalue weighted by molar-refractivity contribution is 5.45. The van der Waals surface area contributed by atoms with E-state index in [4.69, 9.17) is 9.47 Å². The lowest BCUT2D eigenvalue weighted by atomic mass is 9.85. The Kier molecular flexibility index (Phi) is 10.2. The Morgan fingerprint density at radius 2 is 1.06 bits per heavy atom. The van der Waals surface area contributed by atoms with Crippen molar-refractivity contribution in [2.75, 3.05) is 13.7 Å². The molecule has 0 amide bonds. The first-order valence-corrected chi connectivity index (χ1v) is 12.2. The zero-order valence-electron chi connectivity index (χ0n) is 19.8. The second-order valence-electron chi connectivity index (χ2n) is 8.51. The van der Waals surface area contributed by atoms with Crippen LogP contribution in [-0.2, 0) is 0 Å². The van der Waals surface area contributed by atoms with Gasteiger partial charge in [0.15, 0.2) is 0 Å². The molecule has 3 rings (SSSR count). The van der Waals surface area contributed by atoms with Gasteiger partial charge in [-0.25, -0.2) is 0 Å². The zero-order chi connectivity index (χ0) is 22.4. The van der Waals surface area contributed by atoms with Crippen LogP contribution < -0.4 is 9.47 Å². The van der Waals surface area contributed by atoms with Crippen molar-refractivity contribution in [3.63, 3.8) is 0 Å². The van der Waals surface area contributed by atoms with Crippen molar-refractivity contribution < 1.29 is 9.47 Å². The van der Waals surface area contributed by atoms with Gasteiger partial charge in [-0.15, -0.1) is 0 Å². The normalized spacial score (nSPS) is 11.8. The van der Waals surface area contributed by atoms with Crippen molar-refractivity contribution in [1.82, 2.24) is 0 Å². The molecule has 0 aliphatic heterocycles. The monoisotopic (exact) mass is 430 g/mol.